The zero-order valence-corrected chi connectivity index (χ0v) is 9.67. The third-order valence-corrected chi connectivity index (χ3v) is 2.69. The molecule has 0 atom stereocenters. The van der Waals surface area contributed by atoms with Crippen LogP contribution in [0, 0.1) is 0 Å². The molecule has 0 saturated heterocycles. The summed E-state index contributed by atoms with van der Waals surface area (Å²) in [5, 5.41) is 0. The maximum Gasteiger partial charge on any atom is 0.232 e. The molecule has 0 aliphatic carbocycles. The van der Waals surface area contributed by atoms with Gasteiger partial charge in [-0.05, 0) is 24.3 Å². The first-order valence-corrected chi connectivity index (χ1v) is 5.44. The van der Waals surface area contributed by atoms with Crippen LogP contribution >= 0.6 is 0 Å². The van der Waals surface area contributed by atoms with E-state index < -0.39 is 0 Å². The van der Waals surface area contributed by atoms with E-state index in [0.29, 0.717) is 22.8 Å². The lowest BCUT2D eigenvalue weighted by Crippen LogP contribution is -1.97. The summed E-state index contributed by atoms with van der Waals surface area (Å²) in [6, 6.07) is 8.63. The van der Waals surface area contributed by atoms with Gasteiger partial charge in [0.15, 0.2) is 5.76 Å². The summed E-state index contributed by atoms with van der Waals surface area (Å²) in [5.74, 6) is 1.85. The molecule has 90 valence electrons. The molecule has 1 aliphatic rings. The molecule has 0 N–H and O–H groups in total. The molecule has 0 saturated carbocycles. The Kier molecular flexibility index (Phi) is 2.41. The number of carbonyl (C=O) groups excluding carboxylic acids is 1. The molecule has 4 heteroatoms. The lowest BCUT2D eigenvalue weighted by Gasteiger charge is -2.01. The number of rotatable bonds is 2. The Morgan fingerprint density at radius 1 is 1.28 bits per heavy atom. The number of ketones is 1. The molecule has 0 amide bonds. The van der Waals surface area contributed by atoms with E-state index in [1.807, 2.05) is 0 Å². The van der Waals surface area contributed by atoms with Crippen LogP contribution in [0.1, 0.15) is 16.1 Å². The number of hydrogen-bond acceptors (Lipinski definition) is 4. The minimum Gasteiger partial charge on any atom is -0.497 e. The normalized spacial score (nSPS) is 15.6. The predicted molar refractivity (Wildman–Crippen MR) is 64.6 cm³/mol. The second-order valence-electron chi connectivity index (χ2n) is 3.82. The van der Waals surface area contributed by atoms with Crippen molar-refractivity contribution in [3.8, 4) is 11.5 Å². The second kappa shape index (κ2) is 4.07. The van der Waals surface area contributed by atoms with Crippen LogP contribution in [0.3, 0.4) is 0 Å². The number of Topliss-reactive ketones (excluding diaryl/α,β-unsaturated/α-hetero) is 1. The molecule has 0 bridgehead atoms. The van der Waals surface area contributed by atoms with Gasteiger partial charge in [-0.15, -0.1) is 0 Å². The first kappa shape index (κ1) is 10.7. The summed E-state index contributed by atoms with van der Waals surface area (Å²) in [4.78, 5) is 12.0. The topological polar surface area (TPSA) is 48.7 Å². The van der Waals surface area contributed by atoms with Crippen molar-refractivity contribution in [2.75, 3.05) is 7.11 Å². The van der Waals surface area contributed by atoms with E-state index in [9.17, 15) is 4.79 Å². The van der Waals surface area contributed by atoms with Crippen LogP contribution in [0.15, 0.2) is 46.8 Å². The lowest BCUT2D eigenvalue weighted by atomic mass is 10.1. The van der Waals surface area contributed by atoms with Crippen molar-refractivity contribution in [3.63, 3.8) is 0 Å². The standard InChI is InChI=1S/C14H10O4/c1-16-9-4-5-11-12(7-9)18-13(14(11)15)8-10-3-2-6-17-10/h2-8H,1H3. The van der Waals surface area contributed by atoms with E-state index in [0.717, 1.165) is 0 Å². The van der Waals surface area contributed by atoms with Gasteiger partial charge in [0.25, 0.3) is 0 Å². The van der Waals surface area contributed by atoms with Crippen molar-refractivity contribution < 1.29 is 18.7 Å². The first-order valence-electron chi connectivity index (χ1n) is 5.44. The Morgan fingerprint density at radius 2 is 2.17 bits per heavy atom. The van der Waals surface area contributed by atoms with Gasteiger partial charge in [-0.25, -0.2) is 0 Å². The zero-order chi connectivity index (χ0) is 12.5. The van der Waals surface area contributed by atoms with E-state index in [2.05, 4.69) is 0 Å². The summed E-state index contributed by atoms with van der Waals surface area (Å²) in [6.45, 7) is 0. The third-order valence-electron chi connectivity index (χ3n) is 2.69. The maximum atomic E-state index is 12.0. The average molecular weight is 242 g/mol. The van der Waals surface area contributed by atoms with E-state index >= 15 is 0 Å². The minimum atomic E-state index is -0.149. The summed E-state index contributed by atoms with van der Waals surface area (Å²) in [7, 11) is 1.57. The fourth-order valence-electron chi connectivity index (χ4n) is 1.80. The van der Waals surface area contributed by atoms with Crippen molar-refractivity contribution in [3.05, 3.63) is 53.7 Å². The highest BCUT2D eigenvalue weighted by atomic mass is 16.5. The molecule has 2 aromatic rings. The van der Waals surface area contributed by atoms with Crippen molar-refractivity contribution in [1.82, 2.24) is 0 Å². The number of benzene rings is 1. The Morgan fingerprint density at radius 3 is 2.89 bits per heavy atom. The molecule has 0 radical (unpaired) electrons. The second-order valence-corrected chi connectivity index (χ2v) is 3.82. The summed E-state index contributed by atoms with van der Waals surface area (Å²) in [6.07, 6.45) is 3.12. The fraction of sp³-hybridized carbons (Fsp3) is 0.0714. The molecule has 18 heavy (non-hydrogen) atoms. The van der Waals surface area contributed by atoms with Gasteiger partial charge in [0.1, 0.15) is 17.3 Å². The number of allylic oxidation sites excluding steroid dienone is 1. The third kappa shape index (κ3) is 1.68. The molecular formula is C14H10O4. The highest BCUT2D eigenvalue weighted by Gasteiger charge is 2.27. The Balaban J connectivity index is 1.98. The van der Waals surface area contributed by atoms with Crippen LogP contribution in [0.25, 0.3) is 6.08 Å². The highest BCUT2D eigenvalue weighted by Crippen LogP contribution is 2.34. The largest absolute Gasteiger partial charge is 0.497 e. The number of methoxy groups -OCH3 is 1. The monoisotopic (exact) mass is 242 g/mol. The highest BCUT2D eigenvalue weighted by molar-refractivity contribution is 6.14. The molecular weight excluding hydrogens is 232 g/mol. The number of ether oxygens (including phenoxy) is 2. The molecule has 2 heterocycles. The summed E-state index contributed by atoms with van der Waals surface area (Å²) < 4.78 is 15.7. The van der Waals surface area contributed by atoms with Gasteiger partial charge in [-0.3, -0.25) is 4.79 Å². The zero-order valence-electron chi connectivity index (χ0n) is 9.67. The number of hydrogen-bond donors (Lipinski definition) is 0. The number of furan rings is 1. The Bertz CT molecular complexity index is 623. The van der Waals surface area contributed by atoms with Crippen molar-refractivity contribution in [2.24, 2.45) is 0 Å². The smallest absolute Gasteiger partial charge is 0.232 e. The molecule has 0 fully saturated rings. The molecule has 1 aromatic carbocycles. The van der Waals surface area contributed by atoms with Crippen LogP contribution in [-0.2, 0) is 0 Å². The van der Waals surface area contributed by atoms with Crippen LogP contribution in [-0.4, -0.2) is 12.9 Å². The average Bonchev–Trinajstić information content (AvgIpc) is 2.99. The van der Waals surface area contributed by atoms with Gasteiger partial charge in [0.05, 0.1) is 18.9 Å². The number of carbonyl (C=O) groups is 1. The molecule has 0 spiro atoms. The number of fused-ring (bicyclic) bond motifs is 1. The van der Waals surface area contributed by atoms with Gasteiger partial charge in [0.2, 0.25) is 5.78 Å². The van der Waals surface area contributed by atoms with Gasteiger partial charge in [-0.1, -0.05) is 0 Å². The molecule has 0 unspecified atom stereocenters. The van der Waals surface area contributed by atoms with Crippen LogP contribution in [0.5, 0.6) is 11.5 Å². The van der Waals surface area contributed by atoms with Gasteiger partial charge >= 0.3 is 0 Å². The van der Waals surface area contributed by atoms with E-state index in [-0.39, 0.29) is 11.5 Å². The molecule has 4 nitrogen and oxygen atoms in total. The maximum absolute atomic E-state index is 12.0. The van der Waals surface area contributed by atoms with Gasteiger partial charge in [-0.2, -0.15) is 0 Å². The van der Waals surface area contributed by atoms with Gasteiger partial charge < -0.3 is 13.9 Å². The van der Waals surface area contributed by atoms with E-state index in [1.54, 1.807) is 49.8 Å². The molecule has 3 rings (SSSR count). The van der Waals surface area contributed by atoms with Gasteiger partial charge in [0, 0.05) is 12.1 Å². The van der Waals surface area contributed by atoms with E-state index in [4.69, 9.17) is 13.9 Å². The Labute approximate surface area is 103 Å². The molecule has 1 aliphatic heterocycles. The van der Waals surface area contributed by atoms with Crippen molar-refractivity contribution >= 4 is 11.9 Å². The van der Waals surface area contributed by atoms with Crippen LogP contribution in [0.2, 0.25) is 0 Å². The van der Waals surface area contributed by atoms with Crippen molar-refractivity contribution in [2.45, 2.75) is 0 Å². The first-order chi connectivity index (χ1) is 8.78. The van der Waals surface area contributed by atoms with Crippen LogP contribution in [0.4, 0.5) is 0 Å². The Hall–Kier alpha value is -2.49. The summed E-state index contributed by atoms with van der Waals surface area (Å²) in [5.41, 5.74) is 0.536. The fourth-order valence-corrected chi connectivity index (χ4v) is 1.80. The summed E-state index contributed by atoms with van der Waals surface area (Å²) >= 11 is 0. The quantitative estimate of drug-likeness (QED) is 0.760. The van der Waals surface area contributed by atoms with E-state index in [1.165, 1.54) is 0 Å². The lowest BCUT2D eigenvalue weighted by molar-refractivity contribution is 0.101. The SMILES string of the molecule is COc1ccc2c(c1)OC(=Cc1ccco1)C2=O. The minimum absolute atomic E-state index is 0.149. The predicted octanol–water partition coefficient (Wildman–Crippen LogP) is 2.90. The van der Waals surface area contributed by atoms with Crippen LogP contribution < -0.4 is 9.47 Å². The molecule has 1 aromatic heterocycles. The van der Waals surface area contributed by atoms with Crippen molar-refractivity contribution in [1.29, 1.82) is 0 Å².